The lowest BCUT2D eigenvalue weighted by atomic mass is 9.93. The quantitative estimate of drug-likeness (QED) is 0.359. The van der Waals surface area contributed by atoms with Gasteiger partial charge in [0.25, 0.3) is 5.91 Å². The molecule has 1 aromatic carbocycles. The molecule has 10 heteroatoms. The summed E-state index contributed by atoms with van der Waals surface area (Å²) in [6.07, 6.45) is 1.70. The highest BCUT2D eigenvalue weighted by atomic mass is 16.6. The molecule has 0 aliphatic carbocycles. The summed E-state index contributed by atoms with van der Waals surface area (Å²) in [5.41, 5.74) is 3.90. The van der Waals surface area contributed by atoms with Gasteiger partial charge in [0.1, 0.15) is 24.1 Å². The van der Waals surface area contributed by atoms with Crippen LogP contribution in [-0.2, 0) is 19.2 Å². The van der Waals surface area contributed by atoms with Gasteiger partial charge < -0.3 is 29.9 Å². The summed E-state index contributed by atoms with van der Waals surface area (Å²) in [6, 6.07) is 5.67. The summed E-state index contributed by atoms with van der Waals surface area (Å²) >= 11 is 0. The highest BCUT2D eigenvalue weighted by molar-refractivity contribution is 6.02. The molecule has 192 valence electrons. The Hall–Kier alpha value is -2.95. The van der Waals surface area contributed by atoms with Crippen molar-refractivity contribution in [2.75, 3.05) is 34.0 Å². The molecule has 35 heavy (non-hydrogen) atoms. The number of aromatic nitrogens is 1. The number of aromatic amines is 1. The molecule has 0 radical (unpaired) electrons. The molecule has 1 aromatic heterocycles. The summed E-state index contributed by atoms with van der Waals surface area (Å²) < 4.78 is 10.4. The molecule has 1 aliphatic heterocycles. The molecule has 1 aliphatic rings. The van der Waals surface area contributed by atoms with Crippen LogP contribution in [0.2, 0.25) is 0 Å². The zero-order valence-electron chi connectivity index (χ0n) is 20.8. The van der Waals surface area contributed by atoms with Gasteiger partial charge in [-0.2, -0.15) is 0 Å². The molecule has 0 bridgehead atoms. The van der Waals surface area contributed by atoms with Crippen molar-refractivity contribution in [1.29, 1.82) is 0 Å². The number of nitrogens with one attached hydrogen (secondary N) is 4. The lowest BCUT2D eigenvalue weighted by Gasteiger charge is -2.28. The third-order valence-electron chi connectivity index (χ3n) is 6.05. The average molecular weight is 489 g/mol. The van der Waals surface area contributed by atoms with Gasteiger partial charge in [0, 0.05) is 24.6 Å². The second kappa shape index (κ2) is 12.7. The fraction of sp³-hybridized carbons (Fsp3) is 0.560. The molecule has 3 rings (SSSR count). The largest absolute Gasteiger partial charge is 0.496 e. The zero-order valence-corrected chi connectivity index (χ0v) is 20.8. The molecule has 0 saturated carbocycles. The lowest BCUT2D eigenvalue weighted by Crippen LogP contribution is -2.53. The van der Waals surface area contributed by atoms with E-state index in [-0.39, 0.29) is 24.2 Å². The second-order valence-corrected chi connectivity index (χ2v) is 9.32. The second-order valence-electron chi connectivity index (χ2n) is 9.32. The van der Waals surface area contributed by atoms with Gasteiger partial charge in [0.15, 0.2) is 5.78 Å². The predicted octanol–water partition coefficient (Wildman–Crippen LogP) is 1.95. The number of hydrogen-bond acceptors (Lipinski definition) is 7. The molecule has 1 saturated heterocycles. The summed E-state index contributed by atoms with van der Waals surface area (Å²) in [5.74, 6) is -0.102. The molecule has 0 spiro atoms. The highest BCUT2D eigenvalue weighted by Gasteiger charge is 2.30. The normalized spacial score (nSPS) is 17.7. The molecule has 2 unspecified atom stereocenters. The number of ether oxygens (including phenoxy) is 2. The number of amides is 2. The van der Waals surface area contributed by atoms with E-state index in [0.29, 0.717) is 37.4 Å². The Morgan fingerprint density at radius 1 is 1.17 bits per heavy atom. The van der Waals surface area contributed by atoms with E-state index in [1.54, 1.807) is 13.2 Å². The Morgan fingerprint density at radius 2 is 1.97 bits per heavy atom. The first-order chi connectivity index (χ1) is 16.8. The maximum Gasteiger partial charge on any atom is 0.268 e. The maximum atomic E-state index is 13.3. The van der Waals surface area contributed by atoms with Crippen LogP contribution in [-0.4, -0.2) is 68.6 Å². The predicted molar refractivity (Wildman–Crippen MR) is 131 cm³/mol. The minimum atomic E-state index is -0.807. The standard InChI is InChI=1S/C25H36N4O6/c1-15(2)10-20(29-25(32)21-12-17-18(27-21)6-5-7-23(17)34-4)24(31)28-19(22(30)14-33-3)11-16-8-9-26-35-13-16/h5-7,12,15-16,19-20,26-27H,8-11,13-14H2,1-4H3,(H,28,31)(H,29,32)/t16?,19?,20-/m0/s1. The monoisotopic (exact) mass is 488 g/mol. The van der Waals surface area contributed by atoms with Crippen LogP contribution < -0.4 is 20.9 Å². The van der Waals surface area contributed by atoms with Crippen molar-refractivity contribution < 1.29 is 28.7 Å². The summed E-state index contributed by atoms with van der Waals surface area (Å²) in [4.78, 5) is 47.4. The highest BCUT2D eigenvalue weighted by Crippen LogP contribution is 2.26. The Balaban J connectivity index is 1.74. The minimum Gasteiger partial charge on any atom is -0.496 e. The smallest absolute Gasteiger partial charge is 0.268 e. The van der Waals surface area contributed by atoms with Crippen LogP contribution in [0.25, 0.3) is 10.9 Å². The van der Waals surface area contributed by atoms with Crippen molar-refractivity contribution in [3.05, 3.63) is 30.0 Å². The zero-order chi connectivity index (χ0) is 25.4. The van der Waals surface area contributed by atoms with Crippen molar-refractivity contribution in [2.24, 2.45) is 11.8 Å². The van der Waals surface area contributed by atoms with Crippen LogP contribution in [0, 0.1) is 11.8 Å². The van der Waals surface area contributed by atoms with Crippen LogP contribution >= 0.6 is 0 Å². The SMILES string of the molecule is COCC(=O)C(CC1CCNOC1)NC(=O)[C@H](CC(C)C)NC(=O)c1cc2c(OC)cccc2[nH]1. The Morgan fingerprint density at radius 3 is 2.63 bits per heavy atom. The van der Waals surface area contributed by atoms with Crippen LogP contribution in [0.5, 0.6) is 5.75 Å². The van der Waals surface area contributed by atoms with E-state index in [2.05, 4.69) is 21.1 Å². The van der Waals surface area contributed by atoms with Gasteiger partial charge in [-0.1, -0.05) is 19.9 Å². The molecule has 1 fully saturated rings. The van der Waals surface area contributed by atoms with Crippen molar-refractivity contribution in [3.63, 3.8) is 0 Å². The van der Waals surface area contributed by atoms with E-state index < -0.39 is 23.9 Å². The molecule has 2 amide bonds. The number of H-pyrrole nitrogens is 1. The number of carbonyl (C=O) groups excluding carboxylic acids is 3. The molecular formula is C25H36N4O6. The molecular weight excluding hydrogens is 452 g/mol. The number of hydrogen-bond donors (Lipinski definition) is 4. The number of hydroxylamine groups is 1. The van der Waals surface area contributed by atoms with E-state index in [9.17, 15) is 14.4 Å². The summed E-state index contributed by atoms with van der Waals surface area (Å²) in [7, 11) is 3.02. The Labute approximate surface area is 205 Å². The first kappa shape index (κ1) is 26.7. The third kappa shape index (κ3) is 7.27. The summed E-state index contributed by atoms with van der Waals surface area (Å²) in [6.45, 7) is 4.99. The first-order valence-corrected chi connectivity index (χ1v) is 12.0. The van der Waals surface area contributed by atoms with Crippen molar-refractivity contribution >= 4 is 28.5 Å². The van der Waals surface area contributed by atoms with Crippen molar-refractivity contribution in [3.8, 4) is 5.75 Å². The molecule has 2 heterocycles. The number of fused-ring (bicyclic) bond motifs is 1. The average Bonchev–Trinajstić information content (AvgIpc) is 3.28. The van der Waals surface area contributed by atoms with Gasteiger partial charge in [-0.25, -0.2) is 5.48 Å². The van der Waals surface area contributed by atoms with E-state index in [4.69, 9.17) is 14.3 Å². The topological polar surface area (TPSA) is 131 Å². The van der Waals surface area contributed by atoms with Gasteiger partial charge in [-0.3, -0.25) is 14.4 Å². The Bertz CT molecular complexity index is 1010. The van der Waals surface area contributed by atoms with Crippen LogP contribution in [0.4, 0.5) is 0 Å². The van der Waals surface area contributed by atoms with Gasteiger partial charge in [-0.05, 0) is 49.3 Å². The fourth-order valence-corrected chi connectivity index (χ4v) is 4.27. The molecule has 4 N–H and O–H groups in total. The number of benzene rings is 1. The number of methoxy groups -OCH3 is 2. The van der Waals surface area contributed by atoms with Gasteiger partial charge in [0.05, 0.1) is 19.8 Å². The lowest BCUT2D eigenvalue weighted by molar-refractivity contribution is -0.131. The first-order valence-electron chi connectivity index (χ1n) is 12.0. The molecule has 3 atom stereocenters. The van der Waals surface area contributed by atoms with Gasteiger partial charge in [0.2, 0.25) is 5.91 Å². The van der Waals surface area contributed by atoms with E-state index in [1.165, 1.54) is 7.11 Å². The molecule has 10 nitrogen and oxygen atoms in total. The van der Waals surface area contributed by atoms with Gasteiger partial charge in [-0.15, -0.1) is 0 Å². The minimum absolute atomic E-state index is 0.102. The number of Topliss-reactive ketones (excluding diaryl/α,β-unsaturated/α-hetero) is 1. The van der Waals surface area contributed by atoms with Crippen molar-refractivity contribution in [1.82, 2.24) is 21.1 Å². The third-order valence-corrected chi connectivity index (χ3v) is 6.05. The van der Waals surface area contributed by atoms with E-state index in [0.717, 1.165) is 17.3 Å². The van der Waals surface area contributed by atoms with Crippen LogP contribution in [0.15, 0.2) is 24.3 Å². The van der Waals surface area contributed by atoms with Crippen molar-refractivity contribution in [2.45, 2.75) is 45.2 Å². The van der Waals surface area contributed by atoms with E-state index >= 15 is 0 Å². The van der Waals surface area contributed by atoms with Crippen LogP contribution in [0.3, 0.4) is 0 Å². The maximum absolute atomic E-state index is 13.3. The fourth-order valence-electron chi connectivity index (χ4n) is 4.27. The molecule has 2 aromatic rings. The van der Waals surface area contributed by atoms with Gasteiger partial charge >= 0.3 is 0 Å². The van der Waals surface area contributed by atoms with E-state index in [1.807, 2.05) is 32.0 Å². The number of ketones is 1. The van der Waals surface area contributed by atoms with Crippen LogP contribution in [0.1, 0.15) is 43.6 Å². The number of carbonyl (C=O) groups is 3. The number of rotatable bonds is 12. The Kier molecular flexibility index (Phi) is 9.64. The summed E-state index contributed by atoms with van der Waals surface area (Å²) in [5, 5.41) is 6.49.